The predicted octanol–water partition coefficient (Wildman–Crippen LogP) is 1.17. The number of carbonyl (C=O) groups excluding carboxylic acids is 2. The molecular formula is C19H25F3N4O2. The molecule has 6 nitrogen and oxygen atoms in total. The quantitative estimate of drug-likeness (QED) is 0.828. The van der Waals surface area contributed by atoms with Gasteiger partial charge in [-0.05, 0) is 18.7 Å². The van der Waals surface area contributed by atoms with Gasteiger partial charge in [0.2, 0.25) is 11.8 Å². The molecule has 2 saturated heterocycles. The van der Waals surface area contributed by atoms with Crippen molar-refractivity contribution in [2.24, 2.45) is 0 Å². The number of hydrogen-bond donors (Lipinski definition) is 1. The third-order valence-electron chi connectivity index (χ3n) is 5.36. The number of piperazine rings is 2. The molecule has 0 saturated carbocycles. The molecule has 0 radical (unpaired) electrons. The number of hydrogen-bond acceptors (Lipinski definition) is 4. The molecule has 1 aromatic carbocycles. The summed E-state index contributed by atoms with van der Waals surface area (Å²) in [5, 5.41) is 2.73. The van der Waals surface area contributed by atoms with Gasteiger partial charge >= 0.3 is 6.18 Å². The van der Waals surface area contributed by atoms with Gasteiger partial charge in [-0.15, -0.1) is 0 Å². The van der Waals surface area contributed by atoms with Crippen molar-refractivity contribution in [3.05, 3.63) is 35.4 Å². The van der Waals surface area contributed by atoms with Gasteiger partial charge in [-0.1, -0.05) is 18.2 Å². The normalized spacial score (nSPS) is 22.2. The van der Waals surface area contributed by atoms with Crippen LogP contribution in [0.5, 0.6) is 0 Å². The van der Waals surface area contributed by atoms with E-state index in [1.165, 1.54) is 12.1 Å². The summed E-state index contributed by atoms with van der Waals surface area (Å²) in [4.78, 5) is 30.6. The minimum absolute atomic E-state index is 0.0240. The lowest BCUT2D eigenvalue weighted by molar-refractivity contribution is -0.141. The molecule has 154 valence electrons. The number of likely N-dealkylation sites (N-methyl/N-ethyl adjacent to an activating group) is 1. The lowest BCUT2D eigenvalue weighted by Crippen LogP contribution is -2.57. The fourth-order valence-electron chi connectivity index (χ4n) is 3.68. The number of rotatable bonds is 4. The molecule has 9 heteroatoms. The molecule has 1 N–H and O–H groups in total. The van der Waals surface area contributed by atoms with Crippen LogP contribution in [0.4, 0.5) is 13.2 Å². The Morgan fingerprint density at radius 2 is 1.82 bits per heavy atom. The zero-order valence-electron chi connectivity index (χ0n) is 15.8. The van der Waals surface area contributed by atoms with E-state index in [0.29, 0.717) is 26.2 Å². The Balaban J connectivity index is 1.73. The van der Waals surface area contributed by atoms with Crippen molar-refractivity contribution in [3.63, 3.8) is 0 Å². The summed E-state index contributed by atoms with van der Waals surface area (Å²) in [7, 11) is 1.98. The van der Waals surface area contributed by atoms with Crippen LogP contribution in [-0.2, 0) is 22.3 Å². The zero-order valence-corrected chi connectivity index (χ0v) is 15.8. The van der Waals surface area contributed by atoms with Gasteiger partial charge in [0.1, 0.15) is 0 Å². The highest BCUT2D eigenvalue weighted by Gasteiger charge is 2.37. The molecule has 0 spiro atoms. The summed E-state index contributed by atoms with van der Waals surface area (Å²) in [5.74, 6) is -0.442. The minimum atomic E-state index is -4.46. The van der Waals surface area contributed by atoms with E-state index in [4.69, 9.17) is 0 Å². The number of nitrogens with one attached hydrogen (secondary N) is 1. The van der Waals surface area contributed by atoms with Gasteiger partial charge in [0.05, 0.1) is 18.0 Å². The highest BCUT2D eigenvalue weighted by atomic mass is 19.4. The maximum atomic E-state index is 13.3. The standard InChI is InChI=1S/C19H25F3N4O2/c1-24-8-10-25(11-9-24)17(27)12-16-18(28)23-6-7-26(16)13-14-4-2-3-5-15(14)19(20,21)22/h2-5,16H,6-13H2,1H3,(H,23,28)/t16-/m0/s1. The van der Waals surface area contributed by atoms with Crippen molar-refractivity contribution in [1.82, 2.24) is 20.0 Å². The van der Waals surface area contributed by atoms with Gasteiger partial charge in [-0.2, -0.15) is 13.2 Å². The Bertz CT molecular complexity index is 717. The van der Waals surface area contributed by atoms with E-state index < -0.39 is 17.8 Å². The highest BCUT2D eigenvalue weighted by molar-refractivity contribution is 5.88. The summed E-state index contributed by atoms with van der Waals surface area (Å²) >= 11 is 0. The Morgan fingerprint density at radius 3 is 2.50 bits per heavy atom. The number of alkyl halides is 3. The summed E-state index contributed by atoms with van der Waals surface area (Å²) in [6.07, 6.45) is -4.48. The monoisotopic (exact) mass is 398 g/mol. The Hall–Kier alpha value is -2.13. The molecule has 0 bridgehead atoms. The van der Waals surface area contributed by atoms with Crippen molar-refractivity contribution in [2.75, 3.05) is 46.3 Å². The largest absolute Gasteiger partial charge is 0.416 e. The Morgan fingerprint density at radius 1 is 1.14 bits per heavy atom. The molecule has 0 unspecified atom stereocenters. The molecular weight excluding hydrogens is 373 g/mol. The van der Waals surface area contributed by atoms with Crippen LogP contribution in [0.1, 0.15) is 17.5 Å². The highest BCUT2D eigenvalue weighted by Crippen LogP contribution is 2.32. The van der Waals surface area contributed by atoms with Crippen molar-refractivity contribution in [2.45, 2.75) is 25.2 Å². The van der Waals surface area contributed by atoms with Gasteiger partial charge in [0.25, 0.3) is 0 Å². The molecule has 28 heavy (non-hydrogen) atoms. The second kappa shape index (κ2) is 8.48. The first-order valence-electron chi connectivity index (χ1n) is 9.39. The maximum absolute atomic E-state index is 13.3. The summed E-state index contributed by atoms with van der Waals surface area (Å²) in [5.41, 5.74) is -0.591. The second-order valence-corrected chi connectivity index (χ2v) is 7.32. The number of amides is 2. The lowest BCUT2D eigenvalue weighted by atomic mass is 10.0. The number of nitrogens with zero attached hydrogens (tertiary/aromatic N) is 3. The van der Waals surface area contributed by atoms with Crippen molar-refractivity contribution in [3.8, 4) is 0 Å². The van der Waals surface area contributed by atoms with E-state index in [0.717, 1.165) is 19.2 Å². The molecule has 2 fully saturated rings. The average molecular weight is 398 g/mol. The molecule has 0 aliphatic carbocycles. The van der Waals surface area contributed by atoms with E-state index in [1.807, 2.05) is 7.05 Å². The summed E-state index contributed by atoms with van der Waals surface area (Å²) in [6.45, 7) is 3.46. The predicted molar refractivity (Wildman–Crippen MR) is 97.3 cm³/mol. The first kappa shape index (κ1) is 20.6. The van der Waals surface area contributed by atoms with Gasteiger partial charge < -0.3 is 15.1 Å². The van der Waals surface area contributed by atoms with Crippen molar-refractivity contribution < 1.29 is 22.8 Å². The SMILES string of the molecule is CN1CCN(C(=O)C[C@H]2C(=O)NCCN2Cc2ccccc2C(F)(F)F)CC1. The van der Waals surface area contributed by atoms with Crippen LogP contribution in [0.3, 0.4) is 0 Å². The lowest BCUT2D eigenvalue weighted by Gasteiger charge is -2.37. The maximum Gasteiger partial charge on any atom is 0.416 e. The van der Waals surface area contributed by atoms with Crippen LogP contribution in [0.15, 0.2) is 24.3 Å². The smallest absolute Gasteiger partial charge is 0.353 e. The van der Waals surface area contributed by atoms with E-state index in [9.17, 15) is 22.8 Å². The zero-order chi connectivity index (χ0) is 20.3. The number of halogens is 3. The van der Waals surface area contributed by atoms with E-state index in [1.54, 1.807) is 15.9 Å². The molecule has 2 aliphatic heterocycles. The first-order valence-corrected chi connectivity index (χ1v) is 9.39. The van der Waals surface area contributed by atoms with E-state index in [-0.39, 0.29) is 30.3 Å². The molecule has 2 heterocycles. The van der Waals surface area contributed by atoms with Crippen molar-refractivity contribution >= 4 is 11.8 Å². The number of carbonyl (C=O) groups is 2. The topological polar surface area (TPSA) is 55.9 Å². The molecule has 2 aliphatic rings. The van der Waals surface area contributed by atoms with Crippen LogP contribution in [0.2, 0.25) is 0 Å². The fourth-order valence-corrected chi connectivity index (χ4v) is 3.68. The molecule has 2 amide bonds. The van der Waals surface area contributed by atoms with Crippen LogP contribution in [0, 0.1) is 0 Å². The second-order valence-electron chi connectivity index (χ2n) is 7.32. The summed E-state index contributed by atoms with van der Waals surface area (Å²) < 4.78 is 39.9. The van der Waals surface area contributed by atoms with Gasteiger partial charge in [-0.3, -0.25) is 14.5 Å². The molecule has 1 aromatic rings. The van der Waals surface area contributed by atoms with Crippen LogP contribution < -0.4 is 5.32 Å². The minimum Gasteiger partial charge on any atom is -0.353 e. The average Bonchev–Trinajstić information content (AvgIpc) is 2.64. The van der Waals surface area contributed by atoms with Crippen molar-refractivity contribution in [1.29, 1.82) is 0 Å². The molecule has 3 rings (SSSR count). The molecule has 1 atom stereocenters. The van der Waals surface area contributed by atoms with E-state index >= 15 is 0 Å². The van der Waals surface area contributed by atoms with Gasteiger partial charge in [-0.25, -0.2) is 0 Å². The fraction of sp³-hybridized carbons (Fsp3) is 0.579. The van der Waals surface area contributed by atoms with Crippen LogP contribution in [0.25, 0.3) is 0 Å². The van der Waals surface area contributed by atoms with Crippen LogP contribution >= 0.6 is 0 Å². The number of benzene rings is 1. The third kappa shape index (κ3) is 4.82. The Labute approximate surface area is 162 Å². The van der Waals surface area contributed by atoms with E-state index in [2.05, 4.69) is 10.2 Å². The third-order valence-corrected chi connectivity index (χ3v) is 5.36. The Kier molecular flexibility index (Phi) is 6.24. The van der Waals surface area contributed by atoms with Gasteiger partial charge in [0, 0.05) is 45.8 Å². The first-order chi connectivity index (χ1) is 13.3. The summed E-state index contributed by atoms with van der Waals surface area (Å²) in [6, 6.07) is 4.61. The molecule has 0 aromatic heterocycles. The van der Waals surface area contributed by atoms with Crippen LogP contribution in [-0.4, -0.2) is 78.9 Å². The van der Waals surface area contributed by atoms with Gasteiger partial charge in [0.15, 0.2) is 0 Å².